The van der Waals surface area contributed by atoms with Gasteiger partial charge in [-0.05, 0) is 73.3 Å². The number of nitrogens with zero attached hydrogens (tertiary/aromatic N) is 1. The van der Waals surface area contributed by atoms with Crippen LogP contribution in [-0.4, -0.2) is 36.1 Å². The van der Waals surface area contributed by atoms with E-state index in [0.717, 1.165) is 18.4 Å². The number of ether oxygens (including phenoxy) is 1. The van der Waals surface area contributed by atoms with Crippen molar-refractivity contribution in [3.8, 4) is 5.75 Å². The Kier molecular flexibility index (Phi) is 9.10. The molecule has 0 aromatic heterocycles. The van der Waals surface area contributed by atoms with Crippen LogP contribution in [0.5, 0.6) is 5.75 Å². The monoisotopic (exact) mass is 525 g/mol. The van der Waals surface area contributed by atoms with E-state index >= 15 is 8.78 Å². The molecule has 3 aromatic rings. The highest BCUT2D eigenvalue weighted by Gasteiger charge is 2.34. The number of carbonyl (C=O) groups is 1. The lowest BCUT2D eigenvalue weighted by Crippen LogP contribution is -2.28. The van der Waals surface area contributed by atoms with Crippen LogP contribution in [0, 0.1) is 5.82 Å². The highest BCUT2D eigenvalue weighted by molar-refractivity contribution is 5.69. The molecule has 38 heavy (non-hydrogen) atoms. The number of alkyl halides is 2. The van der Waals surface area contributed by atoms with E-state index in [1.54, 1.807) is 24.1 Å². The number of aliphatic carboxylic acids is 1. The molecule has 1 unspecified atom stereocenters. The topological polar surface area (TPSA) is 49.8 Å². The van der Waals surface area contributed by atoms with Crippen molar-refractivity contribution in [1.29, 1.82) is 0 Å². The van der Waals surface area contributed by atoms with Gasteiger partial charge in [-0.2, -0.15) is 8.78 Å². The van der Waals surface area contributed by atoms with Gasteiger partial charge >= 0.3 is 5.97 Å². The Bertz CT molecular complexity index is 1170. The third-order valence-corrected chi connectivity index (χ3v) is 7.27. The van der Waals surface area contributed by atoms with E-state index in [4.69, 9.17) is 9.84 Å². The zero-order valence-electron chi connectivity index (χ0n) is 21.6. The molecule has 4 rings (SSSR count). The van der Waals surface area contributed by atoms with Gasteiger partial charge < -0.3 is 9.84 Å². The molecule has 0 amide bonds. The Morgan fingerprint density at radius 1 is 0.947 bits per heavy atom. The first kappa shape index (κ1) is 27.7. The average molecular weight is 526 g/mol. The summed E-state index contributed by atoms with van der Waals surface area (Å²) in [7, 11) is 1.69. The third kappa shape index (κ3) is 7.16. The van der Waals surface area contributed by atoms with Gasteiger partial charge in [-0.3, -0.25) is 9.69 Å². The fourth-order valence-corrected chi connectivity index (χ4v) is 5.09. The molecular weight excluding hydrogens is 491 g/mol. The van der Waals surface area contributed by atoms with Crippen LogP contribution in [0.25, 0.3) is 0 Å². The van der Waals surface area contributed by atoms with E-state index in [1.165, 1.54) is 67.8 Å². The molecule has 0 bridgehead atoms. The molecule has 0 spiro atoms. The summed E-state index contributed by atoms with van der Waals surface area (Å²) in [6.45, 7) is 0.295. The summed E-state index contributed by atoms with van der Waals surface area (Å²) in [5.41, 5.74) is 1.67. The van der Waals surface area contributed by atoms with Gasteiger partial charge in [0.05, 0.1) is 6.54 Å². The van der Waals surface area contributed by atoms with Gasteiger partial charge in [0.2, 0.25) is 0 Å². The Morgan fingerprint density at radius 2 is 1.53 bits per heavy atom. The van der Waals surface area contributed by atoms with Gasteiger partial charge in [0.15, 0.2) is 0 Å². The summed E-state index contributed by atoms with van der Waals surface area (Å²) in [5.74, 6) is -3.62. The molecular formula is C31H34F3NO3. The molecule has 1 fully saturated rings. The number of carboxylic acid groups (broad SMARTS) is 1. The van der Waals surface area contributed by atoms with Crippen LogP contribution >= 0.6 is 0 Å². The Labute approximate surface area is 222 Å². The number of hydrogen-bond acceptors (Lipinski definition) is 3. The van der Waals surface area contributed by atoms with Crippen LogP contribution in [0.2, 0.25) is 0 Å². The molecule has 202 valence electrons. The number of benzene rings is 3. The number of carboxylic acids is 1. The van der Waals surface area contributed by atoms with Crippen LogP contribution in [0.4, 0.5) is 13.2 Å². The van der Waals surface area contributed by atoms with Gasteiger partial charge in [0, 0.05) is 24.1 Å². The van der Waals surface area contributed by atoms with Gasteiger partial charge in [-0.1, -0.05) is 55.7 Å². The first-order valence-electron chi connectivity index (χ1n) is 13.1. The molecule has 7 heteroatoms. The van der Waals surface area contributed by atoms with Gasteiger partial charge in [0.25, 0.3) is 5.92 Å². The molecule has 0 heterocycles. The largest absolute Gasteiger partial charge is 0.486 e. The second-order valence-corrected chi connectivity index (χ2v) is 10.1. The summed E-state index contributed by atoms with van der Waals surface area (Å²) < 4.78 is 50.3. The lowest BCUT2D eigenvalue weighted by atomic mass is 9.83. The SMILES string of the molecule is CN(CCC(Oc1ccc(C(F)(F)c2ccc(C3CCCCC3)cc2)cc1)c1ccc(F)cc1)CC(=O)O. The maximum atomic E-state index is 15.3. The molecule has 1 atom stereocenters. The number of halogens is 3. The first-order chi connectivity index (χ1) is 18.2. The smallest absolute Gasteiger partial charge is 0.317 e. The third-order valence-electron chi connectivity index (χ3n) is 7.27. The van der Waals surface area contributed by atoms with Crippen LogP contribution in [0.3, 0.4) is 0 Å². The minimum atomic E-state index is -3.15. The molecule has 1 aliphatic carbocycles. The van der Waals surface area contributed by atoms with Gasteiger partial charge in [-0.25, -0.2) is 4.39 Å². The summed E-state index contributed by atoms with van der Waals surface area (Å²) in [6, 6.07) is 18.4. The molecule has 4 nitrogen and oxygen atoms in total. The number of hydrogen-bond donors (Lipinski definition) is 1. The maximum Gasteiger partial charge on any atom is 0.317 e. The zero-order valence-corrected chi connectivity index (χ0v) is 21.6. The standard InChI is InChI=1S/C31H34F3NO3/c1-35(21-30(36)37)20-19-29(24-9-15-27(32)16-10-24)38-28-17-13-26(14-18-28)31(33,34)25-11-7-23(8-12-25)22-5-3-2-4-6-22/h7-18,22,29H,2-6,19-21H2,1H3,(H,36,37). The molecule has 3 aromatic carbocycles. The molecule has 0 saturated heterocycles. The van der Waals surface area contributed by atoms with E-state index in [9.17, 15) is 9.18 Å². The van der Waals surface area contributed by atoms with Crippen molar-refractivity contribution in [2.75, 3.05) is 20.1 Å². The Morgan fingerprint density at radius 3 is 2.11 bits per heavy atom. The molecule has 0 radical (unpaired) electrons. The highest BCUT2D eigenvalue weighted by Crippen LogP contribution is 2.39. The van der Waals surface area contributed by atoms with E-state index < -0.39 is 18.0 Å². The lowest BCUT2D eigenvalue weighted by Gasteiger charge is -2.24. The normalized spacial score (nSPS) is 15.4. The molecule has 1 N–H and O–H groups in total. The average Bonchev–Trinajstić information content (AvgIpc) is 2.92. The fraction of sp³-hybridized carbons (Fsp3) is 0.387. The Hall–Kier alpha value is -3.32. The predicted molar refractivity (Wildman–Crippen MR) is 141 cm³/mol. The van der Waals surface area contributed by atoms with E-state index in [2.05, 4.69) is 0 Å². The highest BCUT2D eigenvalue weighted by atomic mass is 19.3. The van der Waals surface area contributed by atoms with Crippen molar-refractivity contribution in [2.24, 2.45) is 0 Å². The van der Waals surface area contributed by atoms with Crippen molar-refractivity contribution in [3.05, 3.63) is 101 Å². The molecule has 1 aliphatic rings. The summed E-state index contributed by atoms with van der Waals surface area (Å²) in [6.07, 6.45) is 5.79. The minimum absolute atomic E-state index is 0.0450. The second-order valence-electron chi connectivity index (χ2n) is 10.1. The first-order valence-corrected chi connectivity index (χ1v) is 13.1. The minimum Gasteiger partial charge on any atom is -0.486 e. The molecule has 1 saturated carbocycles. The van der Waals surface area contributed by atoms with Crippen molar-refractivity contribution < 1.29 is 27.8 Å². The van der Waals surface area contributed by atoms with Crippen LogP contribution in [0.1, 0.15) is 72.8 Å². The van der Waals surface area contributed by atoms with Crippen molar-refractivity contribution in [1.82, 2.24) is 4.90 Å². The quantitative estimate of drug-likeness (QED) is 0.281. The van der Waals surface area contributed by atoms with Crippen LogP contribution in [-0.2, 0) is 10.7 Å². The van der Waals surface area contributed by atoms with Crippen molar-refractivity contribution in [3.63, 3.8) is 0 Å². The predicted octanol–water partition coefficient (Wildman–Crippen LogP) is 7.54. The van der Waals surface area contributed by atoms with E-state index in [-0.39, 0.29) is 23.5 Å². The van der Waals surface area contributed by atoms with E-state index in [1.807, 2.05) is 12.1 Å². The van der Waals surface area contributed by atoms with Gasteiger partial charge in [0.1, 0.15) is 17.7 Å². The van der Waals surface area contributed by atoms with Crippen LogP contribution < -0.4 is 4.74 Å². The number of likely N-dealkylation sites (N-methyl/N-ethyl adjacent to an activating group) is 1. The van der Waals surface area contributed by atoms with Crippen molar-refractivity contribution >= 4 is 5.97 Å². The number of rotatable bonds is 11. The van der Waals surface area contributed by atoms with Crippen molar-refractivity contribution in [2.45, 2.75) is 56.5 Å². The summed E-state index contributed by atoms with van der Waals surface area (Å²) in [4.78, 5) is 12.6. The maximum absolute atomic E-state index is 15.3. The van der Waals surface area contributed by atoms with Crippen LogP contribution in [0.15, 0.2) is 72.8 Å². The fourth-order valence-electron chi connectivity index (χ4n) is 5.09. The lowest BCUT2D eigenvalue weighted by molar-refractivity contribution is -0.138. The van der Waals surface area contributed by atoms with E-state index in [0.29, 0.717) is 30.2 Å². The second kappa shape index (κ2) is 12.5. The Balaban J connectivity index is 1.46. The summed E-state index contributed by atoms with van der Waals surface area (Å²) >= 11 is 0. The summed E-state index contributed by atoms with van der Waals surface area (Å²) in [5, 5.41) is 9.00. The zero-order chi connectivity index (χ0) is 27.1. The van der Waals surface area contributed by atoms with Gasteiger partial charge in [-0.15, -0.1) is 0 Å². The molecule has 0 aliphatic heterocycles.